The lowest BCUT2D eigenvalue weighted by Gasteiger charge is -2.31. The van der Waals surface area contributed by atoms with E-state index in [2.05, 4.69) is 25.1 Å². The zero-order chi connectivity index (χ0) is 25.6. The van der Waals surface area contributed by atoms with Crippen LogP contribution < -0.4 is 0 Å². The molecular formula is C27H40N2O6. The van der Waals surface area contributed by atoms with Crippen molar-refractivity contribution in [2.75, 3.05) is 26.7 Å². The van der Waals surface area contributed by atoms with Gasteiger partial charge in [-0.25, -0.2) is 19.3 Å². The number of ether oxygens (including phenoxy) is 3. The minimum atomic E-state index is -0.703. The summed E-state index contributed by atoms with van der Waals surface area (Å²) < 4.78 is 16.4. The Bertz CT molecular complexity index is 909. The van der Waals surface area contributed by atoms with E-state index in [0.717, 1.165) is 49.0 Å². The third-order valence-corrected chi connectivity index (χ3v) is 6.47. The number of aryl methyl sites for hydroxylation is 1. The average molecular weight is 489 g/mol. The van der Waals surface area contributed by atoms with Gasteiger partial charge in [-0.1, -0.05) is 31.5 Å². The highest BCUT2D eigenvalue weighted by Gasteiger charge is 2.33. The van der Waals surface area contributed by atoms with Crippen LogP contribution in [0.1, 0.15) is 82.4 Å². The van der Waals surface area contributed by atoms with Gasteiger partial charge < -0.3 is 19.1 Å². The number of cyclic esters (lactones) is 1. The molecule has 1 aliphatic carbocycles. The summed E-state index contributed by atoms with van der Waals surface area (Å²) in [4.78, 5) is 40.3. The Balaban J connectivity index is 1.68. The molecule has 1 fully saturated rings. The molecule has 8 nitrogen and oxygen atoms in total. The lowest BCUT2D eigenvalue weighted by atomic mass is 9.85. The van der Waals surface area contributed by atoms with E-state index in [-0.39, 0.29) is 31.3 Å². The predicted molar refractivity (Wildman–Crippen MR) is 133 cm³/mol. The normalized spacial score (nSPS) is 20.7. The first-order valence-corrected chi connectivity index (χ1v) is 12.8. The number of nitrogens with zero attached hydrogens (tertiary/aromatic N) is 2. The fraction of sp³-hybridized carbons (Fsp3) is 0.667. The minimum absolute atomic E-state index is 0.00318. The number of unbranched alkanes of at least 4 members (excludes halogenated alkanes) is 1. The van der Waals surface area contributed by atoms with Crippen molar-refractivity contribution < 1.29 is 28.6 Å². The van der Waals surface area contributed by atoms with Crippen molar-refractivity contribution in [1.82, 2.24) is 9.80 Å². The van der Waals surface area contributed by atoms with Crippen LogP contribution in [0, 0.1) is 0 Å². The molecule has 35 heavy (non-hydrogen) atoms. The molecule has 2 atom stereocenters. The maximum Gasteiger partial charge on any atom is 0.419 e. The molecule has 0 bridgehead atoms. The molecule has 3 amide bonds. The van der Waals surface area contributed by atoms with Crippen LogP contribution in [0.3, 0.4) is 0 Å². The SMILES string of the molecule is CCCCN(C)C(=O)OC1CCc2cc([C@H]3CCCOC(=O)N(C(=O)OC(C)(C)C)C3)ccc2C1. The highest BCUT2D eigenvalue weighted by atomic mass is 16.6. The topological polar surface area (TPSA) is 85.4 Å². The van der Waals surface area contributed by atoms with Gasteiger partial charge in [0.1, 0.15) is 11.7 Å². The molecule has 0 spiro atoms. The second-order valence-corrected chi connectivity index (χ2v) is 10.6. The van der Waals surface area contributed by atoms with Crippen molar-refractivity contribution in [1.29, 1.82) is 0 Å². The number of benzene rings is 1. The van der Waals surface area contributed by atoms with Crippen molar-refractivity contribution in [2.45, 2.75) is 90.3 Å². The van der Waals surface area contributed by atoms with E-state index in [4.69, 9.17) is 14.2 Å². The summed E-state index contributed by atoms with van der Waals surface area (Å²) in [7, 11) is 1.78. The summed E-state index contributed by atoms with van der Waals surface area (Å²) in [5.74, 6) is 0.00318. The number of imide groups is 1. The van der Waals surface area contributed by atoms with E-state index in [0.29, 0.717) is 13.0 Å². The van der Waals surface area contributed by atoms with Crippen LogP contribution in [0.2, 0.25) is 0 Å². The number of fused-ring (bicyclic) bond motifs is 1. The average Bonchev–Trinajstić information content (AvgIpc) is 2.78. The van der Waals surface area contributed by atoms with E-state index in [1.54, 1.807) is 32.7 Å². The van der Waals surface area contributed by atoms with Gasteiger partial charge in [0.15, 0.2) is 0 Å². The number of amides is 3. The molecule has 2 aliphatic rings. The molecule has 1 aromatic carbocycles. The number of hydrogen-bond donors (Lipinski definition) is 0. The summed E-state index contributed by atoms with van der Waals surface area (Å²) in [5.41, 5.74) is 2.82. The van der Waals surface area contributed by atoms with E-state index in [9.17, 15) is 14.4 Å². The molecule has 1 heterocycles. The Hall–Kier alpha value is -2.77. The molecule has 8 heteroatoms. The first kappa shape index (κ1) is 26.8. The second kappa shape index (κ2) is 11.8. The van der Waals surface area contributed by atoms with Crippen LogP contribution in [0.5, 0.6) is 0 Å². The van der Waals surface area contributed by atoms with Crippen LogP contribution in [-0.2, 0) is 27.1 Å². The van der Waals surface area contributed by atoms with Gasteiger partial charge in [0.05, 0.1) is 6.61 Å². The molecule has 0 aromatic heterocycles. The highest BCUT2D eigenvalue weighted by Crippen LogP contribution is 2.31. The van der Waals surface area contributed by atoms with E-state index >= 15 is 0 Å². The lowest BCUT2D eigenvalue weighted by Crippen LogP contribution is -2.44. The van der Waals surface area contributed by atoms with E-state index in [1.807, 2.05) is 0 Å². The molecule has 1 aromatic rings. The van der Waals surface area contributed by atoms with Crippen molar-refractivity contribution in [3.63, 3.8) is 0 Å². The molecule has 194 valence electrons. The number of carbonyl (C=O) groups is 3. The van der Waals surface area contributed by atoms with Crippen LogP contribution >= 0.6 is 0 Å². The lowest BCUT2D eigenvalue weighted by molar-refractivity contribution is 0.0177. The van der Waals surface area contributed by atoms with Crippen molar-refractivity contribution >= 4 is 18.3 Å². The number of carbonyl (C=O) groups excluding carboxylic acids is 3. The molecule has 1 unspecified atom stereocenters. The zero-order valence-corrected chi connectivity index (χ0v) is 21.8. The van der Waals surface area contributed by atoms with Gasteiger partial charge in [-0.2, -0.15) is 0 Å². The van der Waals surface area contributed by atoms with Crippen LogP contribution in [-0.4, -0.2) is 66.5 Å². The smallest absolute Gasteiger partial charge is 0.419 e. The second-order valence-electron chi connectivity index (χ2n) is 10.6. The third-order valence-electron chi connectivity index (χ3n) is 6.47. The van der Waals surface area contributed by atoms with Crippen LogP contribution in [0.4, 0.5) is 14.4 Å². The summed E-state index contributed by atoms with van der Waals surface area (Å²) in [5, 5.41) is 0. The minimum Gasteiger partial charge on any atom is -0.449 e. The first-order valence-electron chi connectivity index (χ1n) is 12.8. The fourth-order valence-corrected chi connectivity index (χ4v) is 4.51. The van der Waals surface area contributed by atoms with E-state index in [1.165, 1.54) is 11.1 Å². The van der Waals surface area contributed by atoms with Gasteiger partial charge in [-0.15, -0.1) is 0 Å². The molecule has 1 saturated heterocycles. The Morgan fingerprint density at radius 1 is 1.20 bits per heavy atom. The Morgan fingerprint density at radius 2 is 1.97 bits per heavy atom. The number of rotatable bonds is 5. The van der Waals surface area contributed by atoms with Gasteiger partial charge in [-0.05, 0) is 69.6 Å². The Morgan fingerprint density at radius 3 is 2.69 bits per heavy atom. The summed E-state index contributed by atoms with van der Waals surface area (Å²) in [6.45, 7) is 8.62. The predicted octanol–water partition coefficient (Wildman–Crippen LogP) is 5.66. The fourth-order valence-electron chi connectivity index (χ4n) is 4.51. The molecular weight excluding hydrogens is 448 g/mol. The maximum absolute atomic E-state index is 12.7. The van der Waals surface area contributed by atoms with Crippen molar-refractivity contribution in [2.24, 2.45) is 0 Å². The summed E-state index contributed by atoms with van der Waals surface area (Å²) in [6, 6.07) is 6.35. The Labute approximate surface area is 208 Å². The van der Waals surface area contributed by atoms with Crippen LogP contribution in [0.15, 0.2) is 18.2 Å². The van der Waals surface area contributed by atoms with Gasteiger partial charge in [0, 0.05) is 32.5 Å². The van der Waals surface area contributed by atoms with Gasteiger partial charge >= 0.3 is 18.3 Å². The van der Waals surface area contributed by atoms with Crippen LogP contribution in [0.25, 0.3) is 0 Å². The zero-order valence-electron chi connectivity index (χ0n) is 21.8. The molecule has 1 aliphatic heterocycles. The first-order chi connectivity index (χ1) is 16.6. The summed E-state index contributed by atoms with van der Waals surface area (Å²) >= 11 is 0. The molecule has 0 N–H and O–H groups in total. The largest absolute Gasteiger partial charge is 0.449 e. The van der Waals surface area contributed by atoms with Gasteiger partial charge in [0.2, 0.25) is 0 Å². The maximum atomic E-state index is 12.7. The highest BCUT2D eigenvalue weighted by molar-refractivity contribution is 5.88. The van der Waals surface area contributed by atoms with Gasteiger partial charge in [-0.3, -0.25) is 0 Å². The van der Waals surface area contributed by atoms with Crippen molar-refractivity contribution in [3.8, 4) is 0 Å². The van der Waals surface area contributed by atoms with Crippen molar-refractivity contribution in [3.05, 3.63) is 34.9 Å². The summed E-state index contributed by atoms with van der Waals surface area (Å²) in [6.07, 6.45) is 4.13. The Kier molecular flexibility index (Phi) is 9.03. The number of hydrogen-bond acceptors (Lipinski definition) is 6. The quantitative estimate of drug-likeness (QED) is 0.497. The monoisotopic (exact) mass is 488 g/mol. The molecule has 0 saturated carbocycles. The third kappa shape index (κ3) is 7.61. The van der Waals surface area contributed by atoms with E-state index < -0.39 is 17.8 Å². The van der Waals surface area contributed by atoms with Gasteiger partial charge in [0.25, 0.3) is 0 Å². The molecule has 0 radical (unpaired) electrons. The molecule has 3 rings (SSSR count). The standard InChI is InChI=1S/C27H40N2O6/c1-6-7-14-28(5)24(30)34-23-13-12-19-16-20(10-11-21(19)17-23)22-9-8-15-33-25(31)29(18-22)26(32)35-27(2,3)4/h10-11,16,22-23H,6-9,12-15,17-18H2,1-5H3/t22-,23?/m0/s1.